The van der Waals surface area contributed by atoms with Crippen molar-refractivity contribution in [2.45, 2.75) is 42.4 Å². The lowest BCUT2D eigenvalue weighted by molar-refractivity contribution is -0.120. The Morgan fingerprint density at radius 3 is 2.78 bits per heavy atom. The molecule has 0 radical (unpaired) electrons. The molecule has 1 atom stereocenters. The third-order valence-corrected chi connectivity index (χ3v) is 8.43. The van der Waals surface area contributed by atoms with E-state index in [1.807, 2.05) is 18.2 Å². The molecule has 27 heavy (non-hydrogen) atoms. The van der Waals surface area contributed by atoms with E-state index < -0.39 is 10.0 Å². The summed E-state index contributed by atoms with van der Waals surface area (Å²) in [7, 11) is -3.45. The number of carbonyl (C=O) groups excluding carboxylic acids is 1. The normalized spacial score (nSPS) is 18.3. The molecule has 146 valence electrons. The van der Waals surface area contributed by atoms with Gasteiger partial charge in [-0.2, -0.15) is 4.31 Å². The van der Waals surface area contributed by atoms with Crippen molar-refractivity contribution in [2.75, 3.05) is 13.1 Å². The monoisotopic (exact) mass is 426 g/mol. The number of nitrogens with one attached hydrogen (secondary N) is 1. The van der Waals surface area contributed by atoms with Gasteiger partial charge in [-0.05, 0) is 42.3 Å². The number of amides is 1. The highest BCUT2D eigenvalue weighted by Gasteiger charge is 2.33. The van der Waals surface area contributed by atoms with Crippen LogP contribution in [-0.2, 0) is 21.2 Å². The van der Waals surface area contributed by atoms with E-state index in [1.165, 1.54) is 11.3 Å². The highest BCUT2D eigenvalue weighted by molar-refractivity contribution is 7.91. The van der Waals surface area contributed by atoms with Gasteiger partial charge in [-0.1, -0.05) is 42.3 Å². The number of halogens is 1. The van der Waals surface area contributed by atoms with Crippen LogP contribution >= 0.6 is 22.9 Å². The predicted octanol–water partition coefficient (Wildman–Crippen LogP) is 3.69. The smallest absolute Gasteiger partial charge is 0.252 e. The number of nitrogens with zero attached hydrogens (tertiary/aromatic N) is 1. The van der Waals surface area contributed by atoms with E-state index in [-0.39, 0.29) is 18.4 Å². The molecule has 3 rings (SSSR count). The number of hydrogen-bond donors (Lipinski definition) is 1. The first-order valence-corrected chi connectivity index (χ1v) is 11.7. The Balaban J connectivity index is 1.56. The maximum Gasteiger partial charge on any atom is 0.252 e. The molecule has 0 aliphatic carbocycles. The van der Waals surface area contributed by atoms with Crippen LogP contribution in [0.4, 0.5) is 0 Å². The van der Waals surface area contributed by atoms with E-state index in [4.69, 9.17) is 11.6 Å². The van der Waals surface area contributed by atoms with E-state index in [0.29, 0.717) is 28.7 Å². The average Bonchev–Trinajstić information content (AvgIpc) is 3.20. The minimum atomic E-state index is -3.45. The molecule has 0 saturated carbocycles. The number of sulfonamides is 1. The average molecular weight is 427 g/mol. The molecule has 1 aliphatic rings. The maximum atomic E-state index is 12.9. The predicted molar refractivity (Wildman–Crippen MR) is 109 cm³/mol. The van der Waals surface area contributed by atoms with Crippen LogP contribution < -0.4 is 5.32 Å². The molecule has 1 saturated heterocycles. The Kier molecular flexibility index (Phi) is 6.92. The lowest BCUT2D eigenvalue weighted by Gasteiger charge is -2.34. The Bertz CT molecular complexity index is 869. The number of hydrogen-bond acceptors (Lipinski definition) is 4. The van der Waals surface area contributed by atoms with E-state index >= 15 is 0 Å². The van der Waals surface area contributed by atoms with E-state index in [2.05, 4.69) is 5.32 Å². The second-order valence-corrected chi connectivity index (χ2v) is 10.1. The summed E-state index contributed by atoms with van der Waals surface area (Å²) in [6.45, 7) is 0.989. The van der Waals surface area contributed by atoms with Crippen molar-refractivity contribution in [3.63, 3.8) is 0 Å². The van der Waals surface area contributed by atoms with Crippen molar-refractivity contribution < 1.29 is 13.2 Å². The molecule has 0 bridgehead atoms. The molecular formula is C19H23ClN2O3S2. The molecule has 0 spiro atoms. The number of carbonyl (C=O) groups is 1. The zero-order valence-electron chi connectivity index (χ0n) is 14.9. The number of thiophene rings is 1. The van der Waals surface area contributed by atoms with Gasteiger partial charge in [0.05, 0.1) is 6.42 Å². The van der Waals surface area contributed by atoms with Crippen molar-refractivity contribution in [1.82, 2.24) is 9.62 Å². The summed E-state index contributed by atoms with van der Waals surface area (Å²) in [6, 6.07) is 10.6. The first-order valence-electron chi connectivity index (χ1n) is 9.04. The summed E-state index contributed by atoms with van der Waals surface area (Å²) in [5.74, 6) is -0.105. The fourth-order valence-corrected chi connectivity index (χ4v) is 6.41. The van der Waals surface area contributed by atoms with Gasteiger partial charge in [0.25, 0.3) is 10.0 Å². The van der Waals surface area contributed by atoms with Crippen LogP contribution in [0.25, 0.3) is 0 Å². The summed E-state index contributed by atoms with van der Waals surface area (Å²) < 4.78 is 27.7. The van der Waals surface area contributed by atoms with Gasteiger partial charge in [0, 0.05) is 24.2 Å². The summed E-state index contributed by atoms with van der Waals surface area (Å²) in [5, 5.41) is 5.25. The van der Waals surface area contributed by atoms with Crippen molar-refractivity contribution in [2.24, 2.45) is 0 Å². The largest absolute Gasteiger partial charge is 0.356 e. The topological polar surface area (TPSA) is 66.5 Å². The highest BCUT2D eigenvalue weighted by Crippen LogP contribution is 2.29. The lowest BCUT2D eigenvalue weighted by atomic mass is 10.0. The van der Waals surface area contributed by atoms with Crippen molar-refractivity contribution in [3.8, 4) is 0 Å². The van der Waals surface area contributed by atoms with Crippen LogP contribution in [-0.4, -0.2) is 37.8 Å². The van der Waals surface area contributed by atoms with E-state index in [1.54, 1.807) is 27.9 Å². The van der Waals surface area contributed by atoms with Crippen molar-refractivity contribution in [1.29, 1.82) is 0 Å². The van der Waals surface area contributed by atoms with Gasteiger partial charge in [-0.3, -0.25) is 4.79 Å². The van der Waals surface area contributed by atoms with Crippen molar-refractivity contribution >= 4 is 38.9 Å². The third kappa shape index (κ3) is 5.10. The fraction of sp³-hybridized carbons (Fsp3) is 0.421. The Morgan fingerprint density at radius 1 is 1.22 bits per heavy atom. The molecular weight excluding hydrogens is 404 g/mol. The number of benzene rings is 1. The van der Waals surface area contributed by atoms with Crippen LogP contribution in [0.2, 0.25) is 5.02 Å². The molecule has 1 fully saturated rings. The molecule has 2 aromatic rings. The maximum absolute atomic E-state index is 12.9. The molecule has 1 N–H and O–H groups in total. The molecule has 2 heterocycles. The first-order chi connectivity index (χ1) is 13.0. The van der Waals surface area contributed by atoms with Crippen LogP contribution in [0.3, 0.4) is 0 Å². The molecule has 1 aromatic heterocycles. The van der Waals surface area contributed by atoms with Gasteiger partial charge in [0.2, 0.25) is 5.91 Å². The van der Waals surface area contributed by atoms with Gasteiger partial charge >= 0.3 is 0 Å². The minimum absolute atomic E-state index is 0.0773. The fourth-order valence-electron chi connectivity index (χ4n) is 3.36. The molecule has 1 aliphatic heterocycles. The first kappa shape index (κ1) is 20.3. The Hall–Kier alpha value is -1.41. The molecule has 1 amide bonds. The van der Waals surface area contributed by atoms with E-state index in [0.717, 1.165) is 24.8 Å². The van der Waals surface area contributed by atoms with Crippen LogP contribution in [0.15, 0.2) is 46.0 Å². The summed E-state index contributed by atoms with van der Waals surface area (Å²) in [4.78, 5) is 12.2. The molecule has 1 aromatic carbocycles. The van der Waals surface area contributed by atoms with E-state index in [9.17, 15) is 13.2 Å². The van der Waals surface area contributed by atoms with Gasteiger partial charge in [-0.25, -0.2) is 8.42 Å². The molecule has 5 nitrogen and oxygen atoms in total. The second kappa shape index (κ2) is 9.19. The lowest BCUT2D eigenvalue weighted by Crippen LogP contribution is -2.45. The standard InChI is InChI=1S/C19H23ClN2O3S2/c20-17-8-2-1-6-15(17)14-18(23)21-11-10-16-7-3-4-12-22(16)27(24,25)19-9-5-13-26-19/h1-2,5-6,8-9,13,16H,3-4,7,10-12,14H2,(H,21,23). The third-order valence-electron chi connectivity index (χ3n) is 4.74. The SMILES string of the molecule is O=C(Cc1ccccc1Cl)NCCC1CCCCN1S(=O)(=O)c1cccs1. The zero-order chi connectivity index (χ0) is 19.3. The minimum Gasteiger partial charge on any atom is -0.356 e. The summed E-state index contributed by atoms with van der Waals surface area (Å²) in [5.41, 5.74) is 0.788. The zero-order valence-corrected chi connectivity index (χ0v) is 17.3. The summed E-state index contributed by atoms with van der Waals surface area (Å²) in [6.07, 6.45) is 3.54. The second-order valence-electron chi connectivity index (χ2n) is 6.60. The molecule has 1 unspecified atom stereocenters. The highest BCUT2D eigenvalue weighted by atomic mass is 35.5. The van der Waals surface area contributed by atoms with Crippen molar-refractivity contribution in [3.05, 3.63) is 52.4 Å². The van der Waals surface area contributed by atoms with Crippen LogP contribution in [0.5, 0.6) is 0 Å². The number of rotatable bonds is 7. The van der Waals surface area contributed by atoms with Gasteiger partial charge in [-0.15, -0.1) is 11.3 Å². The van der Waals surface area contributed by atoms with Crippen LogP contribution in [0, 0.1) is 0 Å². The van der Waals surface area contributed by atoms with Gasteiger partial charge in [0.1, 0.15) is 4.21 Å². The summed E-state index contributed by atoms with van der Waals surface area (Å²) >= 11 is 7.33. The van der Waals surface area contributed by atoms with Gasteiger partial charge < -0.3 is 5.32 Å². The Labute approximate surface area is 169 Å². The quantitative estimate of drug-likeness (QED) is 0.734. The van der Waals surface area contributed by atoms with Gasteiger partial charge in [0.15, 0.2) is 0 Å². The molecule has 8 heteroatoms. The Morgan fingerprint density at radius 2 is 2.04 bits per heavy atom. The van der Waals surface area contributed by atoms with Crippen LogP contribution in [0.1, 0.15) is 31.2 Å². The number of piperidine rings is 1.